The molecule has 4 nitrogen and oxygen atoms in total. The predicted molar refractivity (Wildman–Crippen MR) is 50.6 cm³/mol. The van der Waals surface area contributed by atoms with E-state index >= 15 is 0 Å². The van der Waals surface area contributed by atoms with Crippen molar-refractivity contribution in [2.24, 2.45) is 0 Å². The van der Waals surface area contributed by atoms with Gasteiger partial charge in [-0.25, -0.2) is 0 Å². The molecule has 76 valence electrons. The van der Waals surface area contributed by atoms with E-state index in [0.717, 1.165) is 39.1 Å². The summed E-state index contributed by atoms with van der Waals surface area (Å²) in [4.78, 5) is 12.5. The van der Waals surface area contributed by atoms with Crippen LogP contribution in [-0.2, 0) is 4.79 Å². The summed E-state index contributed by atoms with van der Waals surface area (Å²) in [5, 5.41) is 12.3. The van der Waals surface area contributed by atoms with Gasteiger partial charge in [-0.3, -0.25) is 0 Å². The topological polar surface area (TPSA) is 52.6 Å². The number of piperazine rings is 1. The predicted octanol–water partition coefficient (Wildman–Crippen LogP) is -0.768. The maximum absolute atomic E-state index is 10.1. The number of carbonyl (C=O) groups is 1. The Bertz CT molecular complexity index is 147. The quantitative estimate of drug-likeness (QED) is 0.554. The van der Waals surface area contributed by atoms with Crippen LogP contribution in [0.3, 0.4) is 0 Å². The molecule has 4 heteroatoms. The zero-order valence-corrected chi connectivity index (χ0v) is 7.91. The number of aldehydes is 1. The first-order valence-corrected chi connectivity index (χ1v) is 4.89. The lowest BCUT2D eigenvalue weighted by atomic mass is 10.2. The molecule has 13 heavy (non-hydrogen) atoms. The lowest BCUT2D eigenvalue weighted by molar-refractivity contribution is -0.115. The van der Waals surface area contributed by atoms with Gasteiger partial charge in [0.2, 0.25) is 0 Å². The Morgan fingerprint density at radius 1 is 1.46 bits per heavy atom. The summed E-state index contributed by atoms with van der Waals surface area (Å²) in [6, 6.07) is 0. The van der Waals surface area contributed by atoms with Crippen molar-refractivity contribution in [3.63, 3.8) is 0 Å². The lowest BCUT2D eigenvalue weighted by Gasteiger charge is -2.27. The van der Waals surface area contributed by atoms with Crippen LogP contribution in [0.15, 0.2) is 0 Å². The molecule has 1 unspecified atom stereocenters. The molecule has 0 aromatic heterocycles. The first-order valence-electron chi connectivity index (χ1n) is 4.89. The van der Waals surface area contributed by atoms with Crippen molar-refractivity contribution in [2.75, 3.05) is 32.7 Å². The van der Waals surface area contributed by atoms with Crippen LogP contribution in [0, 0.1) is 0 Å². The summed E-state index contributed by atoms with van der Waals surface area (Å²) in [6.45, 7) is 5.26. The van der Waals surface area contributed by atoms with E-state index in [2.05, 4.69) is 10.2 Å². The number of carbonyl (C=O) groups excluding carboxylic acids is 1. The molecule has 1 atom stereocenters. The van der Waals surface area contributed by atoms with Crippen molar-refractivity contribution in [3.8, 4) is 0 Å². The van der Waals surface area contributed by atoms with E-state index in [4.69, 9.17) is 5.11 Å². The van der Waals surface area contributed by atoms with Crippen LogP contribution in [0.1, 0.15) is 12.8 Å². The van der Waals surface area contributed by atoms with Crippen molar-refractivity contribution >= 4 is 6.29 Å². The highest BCUT2D eigenvalue weighted by atomic mass is 16.3. The fourth-order valence-corrected chi connectivity index (χ4v) is 1.53. The fraction of sp³-hybridized carbons (Fsp3) is 0.889. The Morgan fingerprint density at radius 2 is 2.15 bits per heavy atom. The van der Waals surface area contributed by atoms with E-state index < -0.39 is 6.10 Å². The molecule has 1 heterocycles. The summed E-state index contributed by atoms with van der Waals surface area (Å²) < 4.78 is 0. The Hall–Kier alpha value is -0.450. The van der Waals surface area contributed by atoms with E-state index in [0.29, 0.717) is 12.7 Å². The molecule has 0 aromatic rings. The average Bonchev–Trinajstić information content (AvgIpc) is 2.19. The van der Waals surface area contributed by atoms with Crippen LogP contribution in [0.25, 0.3) is 0 Å². The maximum Gasteiger partial charge on any atom is 0.148 e. The first kappa shape index (κ1) is 10.6. The molecule has 1 fully saturated rings. The minimum absolute atomic E-state index is 0.591. The van der Waals surface area contributed by atoms with E-state index in [1.165, 1.54) is 0 Å². The van der Waals surface area contributed by atoms with Crippen LogP contribution in [-0.4, -0.2) is 55.1 Å². The Kier molecular flexibility index (Phi) is 4.97. The summed E-state index contributed by atoms with van der Waals surface area (Å²) in [6.07, 6.45) is 1.34. The highest BCUT2D eigenvalue weighted by molar-refractivity contribution is 5.55. The summed E-state index contributed by atoms with van der Waals surface area (Å²) >= 11 is 0. The van der Waals surface area contributed by atoms with E-state index in [9.17, 15) is 4.79 Å². The molecule has 2 N–H and O–H groups in total. The van der Waals surface area contributed by atoms with Crippen LogP contribution >= 0.6 is 0 Å². The van der Waals surface area contributed by atoms with E-state index in [1.807, 2.05) is 0 Å². The van der Waals surface area contributed by atoms with Gasteiger partial charge in [-0.05, 0) is 19.4 Å². The third kappa shape index (κ3) is 4.36. The van der Waals surface area contributed by atoms with Gasteiger partial charge in [0.25, 0.3) is 0 Å². The molecule has 0 saturated carbocycles. The zero-order chi connectivity index (χ0) is 9.52. The molecule has 0 spiro atoms. The summed E-state index contributed by atoms with van der Waals surface area (Å²) in [7, 11) is 0. The van der Waals surface area contributed by atoms with Crippen molar-refractivity contribution in [1.29, 1.82) is 0 Å². The third-order valence-corrected chi connectivity index (χ3v) is 2.34. The fourth-order valence-electron chi connectivity index (χ4n) is 1.53. The highest BCUT2D eigenvalue weighted by Crippen LogP contribution is 1.99. The van der Waals surface area contributed by atoms with Gasteiger partial charge in [-0.2, -0.15) is 0 Å². The SMILES string of the molecule is O=CC(O)CCCN1CCNCC1. The Morgan fingerprint density at radius 3 is 2.77 bits per heavy atom. The van der Waals surface area contributed by atoms with Gasteiger partial charge in [0.15, 0.2) is 0 Å². The zero-order valence-electron chi connectivity index (χ0n) is 7.91. The molecule has 0 amide bonds. The molecule has 0 radical (unpaired) electrons. The largest absolute Gasteiger partial charge is 0.386 e. The number of aliphatic hydroxyl groups is 1. The number of rotatable bonds is 5. The number of hydrogen-bond donors (Lipinski definition) is 2. The Balaban J connectivity index is 2.01. The first-order chi connectivity index (χ1) is 6.33. The summed E-state index contributed by atoms with van der Waals surface area (Å²) in [5.41, 5.74) is 0. The number of aliphatic hydroxyl groups excluding tert-OH is 1. The average molecular weight is 186 g/mol. The van der Waals surface area contributed by atoms with Crippen molar-refractivity contribution in [1.82, 2.24) is 10.2 Å². The van der Waals surface area contributed by atoms with Gasteiger partial charge in [0.05, 0.1) is 0 Å². The molecule has 1 aliphatic heterocycles. The van der Waals surface area contributed by atoms with Gasteiger partial charge in [0.1, 0.15) is 12.4 Å². The number of nitrogens with zero attached hydrogens (tertiary/aromatic N) is 1. The molecule has 0 aliphatic carbocycles. The van der Waals surface area contributed by atoms with Crippen molar-refractivity contribution in [2.45, 2.75) is 18.9 Å². The van der Waals surface area contributed by atoms with Crippen molar-refractivity contribution < 1.29 is 9.90 Å². The van der Waals surface area contributed by atoms with Gasteiger partial charge < -0.3 is 20.1 Å². The smallest absolute Gasteiger partial charge is 0.148 e. The molecule has 1 saturated heterocycles. The van der Waals surface area contributed by atoms with Crippen LogP contribution in [0.2, 0.25) is 0 Å². The second-order valence-corrected chi connectivity index (χ2v) is 3.44. The standard InChI is InChI=1S/C9H18N2O2/c12-8-9(13)2-1-5-11-6-3-10-4-7-11/h8-10,13H,1-7H2. The number of nitrogens with one attached hydrogen (secondary N) is 1. The molecule has 1 rings (SSSR count). The highest BCUT2D eigenvalue weighted by Gasteiger charge is 2.09. The molecular weight excluding hydrogens is 168 g/mol. The molecule has 0 aromatic carbocycles. The maximum atomic E-state index is 10.1. The minimum Gasteiger partial charge on any atom is -0.386 e. The van der Waals surface area contributed by atoms with E-state index in [1.54, 1.807) is 0 Å². The van der Waals surface area contributed by atoms with Crippen LogP contribution in [0.5, 0.6) is 0 Å². The molecule has 1 aliphatic rings. The summed E-state index contributed by atoms with van der Waals surface area (Å²) in [5.74, 6) is 0. The lowest BCUT2D eigenvalue weighted by Crippen LogP contribution is -2.43. The monoisotopic (exact) mass is 186 g/mol. The van der Waals surface area contributed by atoms with E-state index in [-0.39, 0.29) is 0 Å². The second kappa shape index (κ2) is 6.07. The molecular formula is C9H18N2O2. The van der Waals surface area contributed by atoms with Crippen molar-refractivity contribution in [3.05, 3.63) is 0 Å². The number of hydrogen-bond acceptors (Lipinski definition) is 4. The molecule has 0 bridgehead atoms. The van der Waals surface area contributed by atoms with Gasteiger partial charge in [0, 0.05) is 26.2 Å². The van der Waals surface area contributed by atoms with Gasteiger partial charge >= 0.3 is 0 Å². The van der Waals surface area contributed by atoms with Gasteiger partial charge in [-0.1, -0.05) is 0 Å². The van der Waals surface area contributed by atoms with Crippen LogP contribution < -0.4 is 5.32 Å². The van der Waals surface area contributed by atoms with Gasteiger partial charge in [-0.15, -0.1) is 0 Å². The third-order valence-electron chi connectivity index (χ3n) is 2.34. The second-order valence-electron chi connectivity index (χ2n) is 3.44. The Labute approximate surface area is 78.9 Å². The minimum atomic E-state index is -0.761. The normalized spacial score (nSPS) is 21.3. The van der Waals surface area contributed by atoms with Crippen LogP contribution in [0.4, 0.5) is 0 Å².